The number of anilines is 2. The van der Waals surface area contributed by atoms with Gasteiger partial charge in [-0.3, -0.25) is 24.6 Å². The molecule has 3 aromatic carbocycles. The minimum absolute atomic E-state index is 0.00361. The standard InChI is InChI=1S/C28H25N3O5S/c1-3-18-12-14-21(15-13-18)31-27(34)22(26(33)30-28(31)37)16-19-8-7-11-23(35-2)25(19)36-17-24(32)29-20-9-5-4-6-10-20/h4-16H,3,17H2,1-2H3,(H,29,32)(H,30,33,37)/b22-16+. The van der Waals surface area contributed by atoms with Crippen molar-refractivity contribution in [1.29, 1.82) is 0 Å². The Bertz CT molecular complexity index is 1370. The number of nitrogens with one attached hydrogen (secondary N) is 2. The van der Waals surface area contributed by atoms with E-state index in [2.05, 4.69) is 10.6 Å². The third-order valence-electron chi connectivity index (χ3n) is 5.64. The molecule has 1 saturated heterocycles. The van der Waals surface area contributed by atoms with Crippen molar-refractivity contribution in [3.05, 3.63) is 89.5 Å². The Labute approximate surface area is 219 Å². The lowest BCUT2D eigenvalue weighted by Gasteiger charge is -2.29. The van der Waals surface area contributed by atoms with Gasteiger partial charge >= 0.3 is 0 Å². The number of hydrogen-bond acceptors (Lipinski definition) is 6. The van der Waals surface area contributed by atoms with Gasteiger partial charge in [-0.1, -0.05) is 49.4 Å². The van der Waals surface area contributed by atoms with E-state index in [4.69, 9.17) is 21.7 Å². The fourth-order valence-corrected chi connectivity index (χ4v) is 4.03. The molecule has 2 N–H and O–H groups in total. The smallest absolute Gasteiger partial charge is 0.270 e. The quantitative estimate of drug-likeness (QED) is 0.266. The van der Waals surface area contributed by atoms with Gasteiger partial charge in [0.05, 0.1) is 12.8 Å². The molecule has 3 aromatic rings. The van der Waals surface area contributed by atoms with Gasteiger partial charge in [-0.15, -0.1) is 0 Å². The summed E-state index contributed by atoms with van der Waals surface area (Å²) in [5, 5.41) is 5.31. The normalized spacial score (nSPS) is 14.4. The Morgan fingerprint density at radius 1 is 1.03 bits per heavy atom. The number of para-hydroxylation sites is 2. The molecule has 0 saturated carbocycles. The van der Waals surface area contributed by atoms with Crippen molar-refractivity contribution in [3.8, 4) is 11.5 Å². The number of carbonyl (C=O) groups excluding carboxylic acids is 3. The van der Waals surface area contributed by atoms with Crippen LogP contribution in [0.5, 0.6) is 11.5 Å². The van der Waals surface area contributed by atoms with E-state index in [-0.39, 0.29) is 28.9 Å². The molecule has 4 rings (SSSR count). The molecular formula is C28H25N3O5S. The summed E-state index contributed by atoms with van der Waals surface area (Å²) in [6, 6.07) is 21.4. The maximum absolute atomic E-state index is 13.4. The first-order valence-electron chi connectivity index (χ1n) is 11.6. The molecule has 1 aliphatic heterocycles. The lowest BCUT2D eigenvalue weighted by atomic mass is 10.1. The molecule has 1 aliphatic rings. The first kappa shape index (κ1) is 25.6. The van der Waals surface area contributed by atoms with E-state index < -0.39 is 11.8 Å². The fraction of sp³-hybridized carbons (Fsp3) is 0.143. The molecule has 1 heterocycles. The summed E-state index contributed by atoms with van der Waals surface area (Å²) in [6.45, 7) is 1.72. The number of thiocarbonyl (C=S) groups is 1. The number of nitrogens with zero attached hydrogens (tertiary/aromatic N) is 1. The van der Waals surface area contributed by atoms with Crippen molar-refractivity contribution in [2.45, 2.75) is 13.3 Å². The average Bonchev–Trinajstić information content (AvgIpc) is 2.90. The highest BCUT2D eigenvalue weighted by Gasteiger charge is 2.34. The number of aryl methyl sites for hydroxylation is 1. The van der Waals surface area contributed by atoms with E-state index in [1.165, 1.54) is 18.1 Å². The van der Waals surface area contributed by atoms with Gasteiger partial charge < -0.3 is 14.8 Å². The SMILES string of the molecule is CCc1ccc(N2C(=O)/C(=C/c3cccc(OC)c3OCC(=O)Nc3ccccc3)C(=O)NC2=S)cc1. The molecule has 37 heavy (non-hydrogen) atoms. The van der Waals surface area contributed by atoms with Crippen molar-refractivity contribution in [2.24, 2.45) is 0 Å². The molecule has 0 bridgehead atoms. The van der Waals surface area contributed by atoms with Crippen LogP contribution in [0.3, 0.4) is 0 Å². The summed E-state index contributed by atoms with van der Waals surface area (Å²) < 4.78 is 11.2. The summed E-state index contributed by atoms with van der Waals surface area (Å²) in [6.07, 6.45) is 2.25. The van der Waals surface area contributed by atoms with Crippen LogP contribution in [0, 0.1) is 0 Å². The van der Waals surface area contributed by atoms with E-state index in [9.17, 15) is 14.4 Å². The van der Waals surface area contributed by atoms with Crippen LogP contribution in [0.2, 0.25) is 0 Å². The van der Waals surface area contributed by atoms with E-state index in [0.717, 1.165) is 12.0 Å². The Balaban J connectivity index is 1.62. The van der Waals surface area contributed by atoms with Crippen molar-refractivity contribution < 1.29 is 23.9 Å². The number of amides is 3. The van der Waals surface area contributed by atoms with Crippen LogP contribution in [0.25, 0.3) is 6.08 Å². The zero-order valence-electron chi connectivity index (χ0n) is 20.3. The molecule has 8 nitrogen and oxygen atoms in total. The average molecular weight is 516 g/mol. The van der Waals surface area contributed by atoms with E-state index in [0.29, 0.717) is 22.7 Å². The van der Waals surface area contributed by atoms with Gasteiger partial charge in [0, 0.05) is 11.3 Å². The Kier molecular flexibility index (Phi) is 7.95. The summed E-state index contributed by atoms with van der Waals surface area (Å²) in [7, 11) is 1.46. The molecule has 0 unspecified atom stereocenters. The van der Waals surface area contributed by atoms with E-state index >= 15 is 0 Å². The molecule has 0 atom stereocenters. The van der Waals surface area contributed by atoms with Gasteiger partial charge in [0.15, 0.2) is 23.2 Å². The van der Waals surface area contributed by atoms with E-state index in [1.807, 2.05) is 25.1 Å². The maximum Gasteiger partial charge on any atom is 0.270 e. The minimum atomic E-state index is -0.632. The fourth-order valence-electron chi connectivity index (χ4n) is 3.75. The molecular weight excluding hydrogens is 490 g/mol. The van der Waals surface area contributed by atoms with Crippen LogP contribution >= 0.6 is 12.2 Å². The second-order valence-electron chi connectivity index (χ2n) is 8.06. The van der Waals surface area contributed by atoms with Crippen LogP contribution in [0.4, 0.5) is 11.4 Å². The number of methoxy groups -OCH3 is 1. The summed E-state index contributed by atoms with van der Waals surface area (Å²) in [5.74, 6) is -1.03. The highest BCUT2D eigenvalue weighted by molar-refractivity contribution is 7.80. The second kappa shape index (κ2) is 11.5. The Hall–Kier alpha value is -4.50. The number of hydrogen-bond donors (Lipinski definition) is 2. The first-order chi connectivity index (χ1) is 17.9. The number of rotatable bonds is 8. The van der Waals surface area contributed by atoms with Crippen LogP contribution in [0.1, 0.15) is 18.1 Å². The zero-order valence-corrected chi connectivity index (χ0v) is 21.1. The lowest BCUT2D eigenvalue weighted by Crippen LogP contribution is -2.54. The van der Waals surface area contributed by atoms with Gasteiger partial charge in [-0.05, 0) is 60.6 Å². The molecule has 9 heteroatoms. The van der Waals surface area contributed by atoms with Gasteiger partial charge in [0.25, 0.3) is 17.7 Å². The van der Waals surface area contributed by atoms with Gasteiger partial charge in [0.2, 0.25) is 0 Å². The van der Waals surface area contributed by atoms with Crippen molar-refractivity contribution in [1.82, 2.24) is 5.32 Å². The summed E-state index contributed by atoms with van der Waals surface area (Å²) in [4.78, 5) is 39.9. The first-order valence-corrected chi connectivity index (χ1v) is 12.0. The number of benzene rings is 3. The zero-order chi connectivity index (χ0) is 26.4. The van der Waals surface area contributed by atoms with Crippen molar-refractivity contribution in [2.75, 3.05) is 23.9 Å². The number of carbonyl (C=O) groups is 3. The van der Waals surface area contributed by atoms with Gasteiger partial charge in [-0.2, -0.15) is 0 Å². The molecule has 0 spiro atoms. The monoisotopic (exact) mass is 515 g/mol. The summed E-state index contributed by atoms with van der Waals surface area (Å²) >= 11 is 5.29. The van der Waals surface area contributed by atoms with Gasteiger partial charge in [0.1, 0.15) is 5.57 Å². The third kappa shape index (κ3) is 5.84. The topological polar surface area (TPSA) is 97.0 Å². The molecule has 188 valence electrons. The van der Waals surface area contributed by atoms with Crippen molar-refractivity contribution in [3.63, 3.8) is 0 Å². The Morgan fingerprint density at radius 2 is 1.76 bits per heavy atom. The van der Waals surface area contributed by atoms with Crippen LogP contribution in [0.15, 0.2) is 78.4 Å². The Morgan fingerprint density at radius 3 is 2.43 bits per heavy atom. The predicted octanol–water partition coefficient (Wildman–Crippen LogP) is 4.11. The van der Waals surface area contributed by atoms with Crippen LogP contribution < -0.4 is 25.0 Å². The molecule has 0 aliphatic carbocycles. The van der Waals surface area contributed by atoms with Gasteiger partial charge in [-0.25, -0.2) is 0 Å². The largest absolute Gasteiger partial charge is 0.493 e. The van der Waals surface area contributed by atoms with Crippen LogP contribution in [-0.2, 0) is 20.8 Å². The lowest BCUT2D eigenvalue weighted by molar-refractivity contribution is -0.122. The molecule has 1 fully saturated rings. The van der Waals surface area contributed by atoms with Crippen molar-refractivity contribution >= 4 is 52.5 Å². The van der Waals surface area contributed by atoms with Crippen LogP contribution in [-0.4, -0.2) is 36.6 Å². The molecule has 0 radical (unpaired) electrons. The molecule has 0 aromatic heterocycles. The third-order valence-corrected chi connectivity index (χ3v) is 5.92. The second-order valence-corrected chi connectivity index (χ2v) is 8.45. The highest BCUT2D eigenvalue weighted by atomic mass is 32.1. The highest BCUT2D eigenvalue weighted by Crippen LogP contribution is 2.33. The molecule has 3 amide bonds. The summed E-state index contributed by atoms with van der Waals surface area (Å²) in [5.41, 5.74) is 2.52. The predicted molar refractivity (Wildman–Crippen MR) is 146 cm³/mol. The van der Waals surface area contributed by atoms with E-state index in [1.54, 1.807) is 54.6 Å². The number of ether oxygens (including phenoxy) is 2. The maximum atomic E-state index is 13.4. The minimum Gasteiger partial charge on any atom is -0.493 e.